The second kappa shape index (κ2) is 9.23. The molecule has 1 atom stereocenters. The summed E-state index contributed by atoms with van der Waals surface area (Å²) in [6.07, 6.45) is 1.53. The normalized spacial score (nSPS) is 15.5. The summed E-state index contributed by atoms with van der Waals surface area (Å²) in [5.74, 6) is -2.84. The number of anilines is 1. The van der Waals surface area contributed by atoms with Crippen LogP contribution in [-0.4, -0.2) is 45.6 Å². The molecule has 0 bridgehead atoms. The van der Waals surface area contributed by atoms with Crippen LogP contribution in [0.4, 0.5) is 14.5 Å². The van der Waals surface area contributed by atoms with Crippen molar-refractivity contribution in [2.45, 2.75) is 19.4 Å². The lowest BCUT2D eigenvalue weighted by molar-refractivity contribution is -0.114. The molecule has 0 saturated heterocycles. The Morgan fingerprint density at radius 1 is 1.26 bits per heavy atom. The van der Waals surface area contributed by atoms with Crippen LogP contribution in [0.15, 0.2) is 36.0 Å². The third-order valence-electron chi connectivity index (χ3n) is 5.03. The summed E-state index contributed by atoms with van der Waals surface area (Å²) in [4.78, 5) is 16.1. The number of amides is 1. The van der Waals surface area contributed by atoms with E-state index in [0.29, 0.717) is 9.90 Å². The molecule has 0 unspecified atom stereocenters. The number of benzene rings is 1. The van der Waals surface area contributed by atoms with Crippen LogP contribution in [0, 0.1) is 11.6 Å². The molecule has 1 aromatic heterocycles. The molecule has 0 saturated carbocycles. The summed E-state index contributed by atoms with van der Waals surface area (Å²) in [6, 6.07) is 5.55. The zero-order chi connectivity index (χ0) is 22.9. The Morgan fingerprint density at radius 2 is 1.90 bits per heavy atom. The predicted octanol–water partition coefficient (Wildman–Crippen LogP) is 3.69. The maximum absolute atomic E-state index is 14.7. The van der Waals surface area contributed by atoms with Gasteiger partial charge in [-0.05, 0) is 63.3 Å². The molecule has 3 rings (SSSR count). The highest BCUT2D eigenvalue weighted by Gasteiger charge is 2.32. The summed E-state index contributed by atoms with van der Waals surface area (Å²) in [5.41, 5.74) is -0.301. The van der Waals surface area contributed by atoms with E-state index in [1.807, 2.05) is 0 Å². The Kier molecular flexibility index (Phi) is 7.04. The number of hydrogen-bond donors (Lipinski definition) is 1. The van der Waals surface area contributed by atoms with E-state index < -0.39 is 33.3 Å². The average Bonchev–Trinajstić information content (AvgIpc) is 3.25. The molecule has 1 aliphatic heterocycles. The number of carbonyl (C=O) groups is 1. The zero-order valence-corrected chi connectivity index (χ0v) is 19.5. The van der Waals surface area contributed by atoms with Crippen LogP contribution in [0.25, 0.3) is 0 Å². The van der Waals surface area contributed by atoms with Crippen molar-refractivity contribution < 1.29 is 22.0 Å². The van der Waals surface area contributed by atoms with Crippen molar-refractivity contribution in [3.63, 3.8) is 0 Å². The van der Waals surface area contributed by atoms with Crippen LogP contribution < -0.4 is 9.62 Å². The monoisotopic (exact) mass is 489 g/mol. The fourth-order valence-corrected chi connectivity index (χ4v) is 5.41. The summed E-state index contributed by atoms with van der Waals surface area (Å²) in [7, 11) is -0.265. The van der Waals surface area contributed by atoms with Crippen LogP contribution in [0.5, 0.6) is 0 Å². The fraction of sp³-hybridized carbons (Fsp3) is 0.350. The Morgan fingerprint density at radius 3 is 2.45 bits per heavy atom. The van der Waals surface area contributed by atoms with Gasteiger partial charge in [0.15, 0.2) is 0 Å². The van der Waals surface area contributed by atoms with Gasteiger partial charge >= 0.3 is 0 Å². The van der Waals surface area contributed by atoms with Crippen molar-refractivity contribution in [2.75, 3.05) is 31.3 Å². The van der Waals surface area contributed by atoms with Gasteiger partial charge in [-0.3, -0.25) is 14.4 Å². The number of thiophene rings is 1. The highest BCUT2D eigenvalue weighted by Crippen LogP contribution is 2.31. The van der Waals surface area contributed by atoms with Crippen molar-refractivity contribution in [3.8, 4) is 0 Å². The van der Waals surface area contributed by atoms with Gasteiger partial charge in [-0.2, -0.15) is 0 Å². The van der Waals surface area contributed by atoms with Crippen molar-refractivity contribution >= 4 is 44.6 Å². The van der Waals surface area contributed by atoms with E-state index in [9.17, 15) is 22.0 Å². The van der Waals surface area contributed by atoms with Gasteiger partial charge in [-0.15, -0.1) is 11.3 Å². The van der Waals surface area contributed by atoms with Crippen LogP contribution in [-0.2, 0) is 21.2 Å². The Hall–Kier alpha value is -2.01. The van der Waals surface area contributed by atoms with Gasteiger partial charge in [-0.25, -0.2) is 17.2 Å². The molecule has 0 aliphatic carbocycles. The molecule has 0 spiro atoms. The van der Waals surface area contributed by atoms with Crippen molar-refractivity contribution in [1.29, 1.82) is 0 Å². The molecule has 31 heavy (non-hydrogen) atoms. The summed E-state index contributed by atoms with van der Waals surface area (Å²) in [6.45, 7) is 1.65. The van der Waals surface area contributed by atoms with E-state index in [4.69, 9.17) is 11.6 Å². The molecule has 168 valence electrons. The molecule has 11 heteroatoms. The Labute approximate surface area is 189 Å². The fourth-order valence-electron chi connectivity index (χ4n) is 3.10. The van der Waals surface area contributed by atoms with Crippen LogP contribution in [0.3, 0.4) is 0 Å². The molecule has 1 aliphatic rings. The van der Waals surface area contributed by atoms with Crippen molar-refractivity contribution in [2.24, 2.45) is 0 Å². The largest absolute Gasteiger partial charge is 0.303 e. The molecular formula is C20H22ClF2N3O3S2. The van der Waals surface area contributed by atoms with Gasteiger partial charge in [0.05, 0.1) is 10.1 Å². The molecule has 0 fully saturated rings. The minimum atomic E-state index is -3.84. The first kappa shape index (κ1) is 23.6. The van der Waals surface area contributed by atoms with Crippen LogP contribution >= 0.6 is 22.9 Å². The van der Waals surface area contributed by atoms with Gasteiger partial charge < -0.3 is 4.90 Å². The maximum atomic E-state index is 14.7. The first-order chi connectivity index (χ1) is 14.5. The number of rotatable bonds is 8. The van der Waals surface area contributed by atoms with Crippen molar-refractivity contribution in [1.82, 2.24) is 9.62 Å². The van der Waals surface area contributed by atoms with E-state index in [2.05, 4.69) is 4.72 Å². The Balaban J connectivity index is 1.72. The van der Waals surface area contributed by atoms with E-state index >= 15 is 0 Å². The van der Waals surface area contributed by atoms with Crippen LogP contribution in [0.1, 0.15) is 23.4 Å². The molecule has 0 radical (unpaired) electrons. The third kappa shape index (κ3) is 5.43. The predicted molar refractivity (Wildman–Crippen MR) is 119 cm³/mol. The number of carbonyl (C=O) groups excluding carboxylic acids is 1. The highest BCUT2D eigenvalue weighted by atomic mass is 35.5. The SMILES string of the molecule is C[C@@H](c1cc(F)c(N2CC=C(NS(=O)(=O)CCc3ccc(Cl)s3)C2=O)c(F)c1)N(C)C. The lowest BCUT2D eigenvalue weighted by Crippen LogP contribution is -2.35. The topological polar surface area (TPSA) is 69.7 Å². The lowest BCUT2D eigenvalue weighted by atomic mass is 10.1. The van der Waals surface area contributed by atoms with Gasteiger partial charge in [0.1, 0.15) is 23.0 Å². The maximum Gasteiger partial charge on any atom is 0.275 e. The molecule has 6 nitrogen and oxygen atoms in total. The third-order valence-corrected chi connectivity index (χ3v) is 7.59. The minimum absolute atomic E-state index is 0.145. The molecular weight excluding hydrogens is 468 g/mol. The highest BCUT2D eigenvalue weighted by molar-refractivity contribution is 7.89. The van der Waals surface area contributed by atoms with E-state index in [-0.39, 0.29) is 30.5 Å². The average molecular weight is 490 g/mol. The first-order valence-electron chi connectivity index (χ1n) is 9.40. The summed E-state index contributed by atoms with van der Waals surface area (Å²) in [5, 5.41) is 0. The number of aryl methyl sites for hydroxylation is 1. The van der Waals surface area contributed by atoms with Gasteiger partial charge in [0.25, 0.3) is 5.91 Å². The van der Waals surface area contributed by atoms with Gasteiger partial charge in [0, 0.05) is 17.5 Å². The smallest absolute Gasteiger partial charge is 0.275 e. The minimum Gasteiger partial charge on any atom is -0.303 e. The molecule has 1 amide bonds. The van der Waals surface area contributed by atoms with E-state index in [1.54, 1.807) is 38.1 Å². The number of halogens is 3. The Bertz CT molecular complexity index is 1110. The molecule has 2 aromatic rings. The van der Waals surface area contributed by atoms with Gasteiger partial charge in [-0.1, -0.05) is 11.6 Å². The first-order valence-corrected chi connectivity index (χ1v) is 12.3. The summed E-state index contributed by atoms with van der Waals surface area (Å²) >= 11 is 7.11. The molecule has 2 heterocycles. The van der Waals surface area contributed by atoms with E-state index in [0.717, 1.165) is 9.78 Å². The second-order valence-corrected chi connectivity index (χ2v) is 11.0. The van der Waals surface area contributed by atoms with Gasteiger partial charge in [0.2, 0.25) is 10.0 Å². The van der Waals surface area contributed by atoms with Crippen molar-refractivity contribution in [3.05, 3.63) is 62.4 Å². The zero-order valence-electron chi connectivity index (χ0n) is 17.2. The quantitative estimate of drug-likeness (QED) is 0.614. The number of sulfonamides is 1. The second-order valence-electron chi connectivity index (χ2n) is 7.38. The number of nitrogens with one attached hydrogen (secondary N) is 1. The lowest BCUT2D eigenvalue weighted by Gasteiger charge is -2.23. The number of hydrogen-bond acceptors (Lipinski definition) is 5. The molecule has 1 N–H and O–H groups in total. The van der Waals surface area contributed by atoms with E-state index in [1.165, 1.54) is 29.5 Å². The number of nitrogens with zero attached hydrogens (tertiary/aromatic N) is 2. The standard InChI is InChI=1S/C20H22ClF2N3O3S2/c1-12(25(2)3)13-10-15(22)19(16(23)11-13)26-8-6-17(20(26)27)24-31(28,29)9-7-14-4-5-18(21)30-14/h4-6,10-12,24H,7-9H2,1-3H3/t12-/m0/s1. The summed E-state index contributed by atoms with van der Waals surface area (Å²) < 4.78 is 56.9. The molecule has 1 aromatic carbocycles. The van der Waals surface area contributed by atoms with Crippen LogP contribution in [0.2, 0.25) is 4.34 Å².